The molecule has 0 aromatic carbocycles. The molecule has 0 saturated heterocycles. The van der Waals surface area contributed by atoms with Crippen LogP contribution in [0.15, 0.2) is 17.6 Å². The highest BCUT2D eigenvalue weighted by Gasteiger charge is 2.32. The average molecular weight is 267 g/mol. The Balaban J connectivity index is 2.49. The van der Waals surface area contributed by atoms with Crippen molar-refractivity contribution >= 4 is 5.96 Å². The highest BCUT2D eigenvalue weighted by atomic mass is 16.5. The Morgan fingerprint density at radius 3 is 2.63 bits per heavy atom. The fourth-order valence-corrected chi connectivity index (χ4v) is 2.52. The maximum atomic E-state index is 6.15. The van der Waals surface area contributed by atoms with Crippen molar-refractivity contribution in [3.05, 3.63) is 12.7 Å². The van der Waals surface area contributed by atoms with Gasteiger partial charge in [0.2, 0.25) is 0 Å². The highest BCUT2D eigenvalue weighted by Crippen LogP contribution is 2.31. The van der Waals surface area contributed by atoms with E-state index in [0.717, 1.165) is 44.9 Å². The van der Waals surface area contributed by atoms with Gasteiger partial charge in [0.15, 0.2) is 5.96 Å². The van der Waals surface area contributed by atoms with Gasteiger partial charge in [0, 0.05) is 26.7 Å². The summed E-state index contributed by atoms with van der Waals surface area (Å²) < 4.78 is 6.15. The summed E-state index contributed by atoms with van der Waals surface area (Å²) in [5, 5.41) is 6.59. The van der Waals surface area contributed by atoms with Gasteiger partial charge < -0.3 is 15.4 Å². The molecule has 0 aromatic heterocycles. The third kappa shape index (κ3) is 5.64. The van der Waals surface area contributed by atoms with E-state index in [1.54, 1.807) is 7.05 Å². The first kappa shape index (κ1) is 16.0. The first-order valence-electron chi connectivity index (χ1n) is 7.45. The van der Waals surface area contributed by atoms with E-state index in [0.29, 0.717) is 0 Å². The molecule has 0 heterocycles. The molecule has 0 aliphatic heterocycles. The molecule has 0 bridgehead atoms. The SMILES string of the molecule is C=CCNC(=NC)NCC1(OCCC)CCCCC1. The molecule has 1 aliphatic carbocycles. The van der Waals surface area contributed by atoms with Crippen LogP contribution in [0.1, 0.15) is 45.4 Å². The molecule has 0 atom stereocenters. The maximum absolute atomic E-state index is 6.15. The first-order valence-corrected chi connectivity index (χ1v) is 7.45. The van der Waals surface area contributed by atoms with Crippen LogP contribution in [-0.4, -0.2) is 38.3 Å². The van der Waals surface area contributed by atoms with E-state index in [1.165, 1.54) is 19.3 Å². The van der Waals surface area contributed by atoms with Crippen LogP contribution in [0.5, 0.6) is 0 Å². The quantitative estimate of drug-likeness (QED) is 0.423. The van der Waals surface area contributed by atoms with Crippen molar-refractivity contribution in [2.24, 2.45) is 4.99 Å². The number of nitrogens with one attached hydrogen (secondary N) is 2. The van der Waals surface area contributed by atoms with E-state index in [-0.39, 0.29) is 5.60 Å². The van der Waals surface area contributed by atoms with E-state index in [1.807, 2.05) is 6.08 Å². The lowest BCUT2D eigenvalue weighted by Gasteiger charge is -2.37. The Morgan fingerprint density at radius 2 is 2.05 bits per heavy atom. The minimum absolute atomic E-state index is 0.0000585. The van der Waals surface area contributed by atoms with E-state index in [4.69, 9.17) is 4.74 Å². The summed E-state index contributed by atoms with van der Waals surface area (Å²) >= 11 is 0. The van der Waals surface area contributed by atoms with Crippen LogP contribution in [0, 0.1) is 0 Å². The van der Waals surface area contributed by atoms with Gasteiger partial charge in [-0.25, -0.2) is 0 Å². The molecule has 4 heteroatoms. The molecule has 0 spiro atoms. The molecule has 0 amide bonds. The fourth-order valence-electron chi connectivity index (χ4n) is 2.52. The number of rotatable bonds is 7. The Morgan fingerprint density at radius 1 is 1.32 bits per heavy atom. The number of nitrogens with zero attached hydrogens (tertiary/aromatic N) is 1. The van der Waals surface area contributed by atoms with Gasteiger partial charge in [0.25, 0.3) is 0 Å². The molecule has 2 N–H and O–H groups in total. The van der Waals surface area contributed by atoms with E-state index in [9.17, 15) is 0 Å². The summed E-state index contributed by atoms with van der Waals surface area (Å²) in [4.78, 5) is 4.21. The molecule has 19 heavy (non-hydrogen) atoms. The summed E-state index contributed by atoms with van der Waals surface area (Å²) in [7, 11) is 1.79. The van der Waals surface area contributed by atoms with E-state index < -0.39 is 0 Å². The van der Waals surface area contributed by atoms with Crippen LogP contribution >= 0.6 is 0 Å². The van der Waals surface area contributed by atoms with Gasteiger partial charge in [0.1, 0.15) is 0 Å². The van der Waals surface area contributed by atoms with Crippen molar-refractivity contribution < 1.29 is 4.74 Å². The predicted octanol–water partition coefficient (Wildman–Crippen LogP) is 2.47. The normalized spacial score (nSPS) is 18.9. The van der Waals surface area contributed by atoms with Crippen molar-refractivity contribution in [2.75, 3.05) is 26.7 Å². The molecular formula is C15H29N3O. The third-order valence-electron chi connectivity index (χ3n) is 3.59. The van der Waals surface area contributed by atoms with Crippen LogP contribution in [0.3, 0.4) is 0 Å². The van der Waals surface area contributed by atoms with Crippen molar-refractivity contribution in [1.29, 1.82) is 0 Å². The minimum Gasteiger partial charge on any atom is -0.373 e. The molecular weight excluding hydrogens is 238 g/mol. The van der Waals surface area contributed by atoms with Gasteiger partial charge in [-0.05, 0) is 19.3 Å². The van der Waals surface area contributed by atoms with Gasteiger partial charge in [0.05, 0.1) is 5.60 Å². The van der Waals surface area contributed by atoms with Crippen LogP contribution in [-0.2, 0) is 4.74 Å². The molecule has 0 radical (unpaired) electrons. The van der Waals surface area contributed by atoms with Crippen molar-refractivity contribution in [3.8, 4) is 0 Å². The predicted molar refractivity (Wildman–Crippen MR) is 81.6 cm³/mol. The van der Waals surface area contributed by atoms with Crippen LogP contribution in [0.2, 0.25) is 0 Å². The van der Waals surface area contributed by atoms with Crippen LogP contribution in [0.4, 0.5) is 0 Å². The zero-order chi connectivity index (χ0) is 14.0. The largest absolute Gasteiger partial charge is 0.373 e. The summed E-state index contributed by atoms with van der Waals surface area (Å²) in [6, 6.07) is 0. The van der Waals surface area contributed by atoms with E-state index >= 15 is 0 Å². The molecule has 4 nitrogen and oxygen atoms in total. The zero-order valence-electron chi connectivity index (χ0n) is 12.5. The number of guanidine groups is 1. The lowest BCUT2D eigenvalue weighted by Crippen LogP contribution is -2.49. The zero-order valence-corrected chi connectivity index (χ0v) is 12.5. The van der Waals surface area contributed by atoms with Crippen LogP contribution < -0.4 is 10.6 Å². The molecule has 1 rings (SSSR count). The van der Waals surface area contributed by atoms with Crippen molar-refractivity contribution in [2.45, 2.75) is 51.0 Å². The third-order valence-corrected chi connectivity index (χ3v) is 3.59. The molecule has 0 unspecified atom stereocenters. The smallest absolute Gasteiger partial charge is 0.191 e. The Bertz CT molecular complexity index is 283. The van der Waals surface area contributed by atoms with Crippen LogP contribution in [0.25, 0.3) is 0 Å². The Kier molecular flexibility index (Phi) is 7.56. The van der Waals surface area contributed by atoms with Gasteiger partial charge in [-0.15, -0.1) is 6.58 Å². The molecule has 1 saturated carbocycles. The summed E-state index contributed by atoms with van der Waals surface area (Å²) in [5.74, 6) is 0.824. The second-order valence-corrected chi connectivity index (χ2v) is 5.19. The van der Waals surface area contributed by atoms with Crippen molar-refractivity contribution in [3.63, 3.8) is 0 Å². The molecule has 1 aliphatic rings. The maximum Gasteiger partial charge on any atom is 0.191 e. The summed E-state index contributed by atoms with van der Waals surface area (Å²) in [6.45, 7) is 8.27. The van der Waals surface area contributed by atoms with Gasteiger partial charge in [-0.3, -0.25) is 4.99 Å². The lowest BCUT2D eigenvalue weighted by molar-refractivity contribution is -0.0657. The Hall–Kier alpha value is -1.03. The molecule has 0 aromatic rings. The second kappa shape index (κ2) is 8.97. The summed E-state index contributed by atoms with van der Waals surface area (Å²) in [5.41, 5.74) is 0.0000585. The minimum atomic E-state index is 0.0000585. The fraction of sp³-hybridized carbons (Fsp3) is 0.800. The molecule has 110 valence electrons. The van der Waals surface area contributed by atoms with E-state index in [2.05, 4.69) is 29.1 Å². The van der Waals surface area contributed by atoms with Gasteiger partial charge >= 0.3 is 0 Å². The Labute approximate surface area is 117 Å². The summed E-state index contributed by atoms with van der Waals surface area (Å²) in [6.07, 6.45) is 9.08. The van der Waals surface area contributed by atoms with Gasteiger partial charge in [-0.1, -0.05) is 32.3 Å². The topological polar surface area (TPSA) is 45.7 Å². The monoisotopic (exact) mass is 267 g/mol. The number of hydrogen-bond acceptors (Lipinski definition) is 2. The van der Waals surface area contributed by atoms with Gasteiger partial charge in [-0.2, -0.15) is 0 Å². The number of ether oxygens (including phenoxy) is 1. The second-order valence-electron chi connectivity index (χ2n) is 5.19. The number of aliphatic imine (C=N–C) groups is 1. The average Bonchev–Trinajstić information content (AvgIpc) is 2.46. The highest BCUT2D eigenvalue weighted by molar-refractivity contribution is 5.79. The standard InChI is InChI=1S/C15H29N3O/c1-4-11-17-14(16-3)18-13-15(19-12-5-2)9-7-6-8-10-15/h4H,1,5-13H2,2-3H3,(H2,16,17,18). The lowest BCUT2D eigenvalue weighted by atomic mass is 9.84. The first-order chi connectivity index (χ1) is 9.26. The molecule has 1 fully saturated rings. The number of hydrogen-bond donors (Lipinski definition) is 2. The van der Waals surface area contributed by atoms with Crippen molar-refractivity contribution in [1.82, 2.24) is 10.6 Å².